The third-order valence-electron chi connectivity index (χ3n) is 3.89. The first kappa shape index (κ1) is 16.7. The molecule has 1 saturated carbocycles. The molecular formula is C15H25NO4. The Morgan fingerprint density at radius 3 is 2.40 bits per heavy atom. The molecule has 0 aromatic carbocycles. The summed E-state index contributed by atoms with van der Waals surface area (Å²) in [5.74, 6) is -0.313. The van der Waals surface area contributed by atoms with Gasteiger partial charge in [0.2, 0.25) is 0 Å². The molecule has 1 aliphatic carbocycles. The Balaban J connectivity index is 2.68. The van der Waals surface area contributed by atoms with Crippen LogP contribution in [0.15, 0.2) is 4.99 Å². The lowest BCUT2D eigenvalue weighted by Gasteiger charge is -2.24. The van der Waals surface area contributed by atoms with Crippen LogP contribution in [0.1, 0.15) is 51.9 Å². The van der Waals surface area contributed by atoms with Crippen molar-refractivity contribution >= 4 is 18.2 Å². The summed E-state index contributed by atoms with van der Waals surface area (Å²) < 4.78 is 9.43. The maximum Gasteiger partial charge on any atom is 0.333 e. The van der Waals surface area contributed by atoms with Gasteiger partial charge in [0.1, 0.15) is 0 Å². The molecule has 1 aliphatic rings. The number of esters is 2. The third-order valence-corrected chi connectivity index (χ3v) is 3.89. The number of hydrogen-bond acceptors (Lipinski definition) is 5. The summed E-state index contributed by atoms with van der Waals surface area (Å²) in [6.07, 6.45) is 8.30. The number of aliphatic imine (C=N–C) groups is 1. The average molecular weight is 283 g/mol. The number of nitrogens with zero attached hydrogens (tertiary/aromatic N) is 1. The maximum atomic E-state index is 11.9. The molecule has 0 saturated heterocycles. The van der Waals surface area contributed by atoms with Crippen molar-refractivity contribution in [3.05, 3.63) is 0 Å². The molecule has 0 amide bonds. The van der Waals surface area contributed by atoms with Gasteiger partial charge in [0.25, 0.3) is 0 Å². The van der Waals surface area contributed by atoms with Gasteiger partial charge in [-0.2, -0.15) is 0 Å². The highest BCUT2D eigenvalue weighted by Gasteiger charge is 2.34. The Bertz CT molecular complexity index is 361. The standard InChI is InChI=1S/C15H25NO4/c1-15(14(18)20-3,10-9-13(17)19-2)16-11-12-7-5-4-6-8-12/h11-12H,4-10H2,1-3H3. The highest BCUT2D eigenvalue weighted by Crippen LogP contribution is 2.25. The molecule has 1 fully saturated rings. The second kappa shape index (κ2) is 8.02. The fraction of sp³-hybridized carbons (Fsp3) is 0.800. The normalized spacial score (nSPS) is 19.6. The zero-order chi connectivity index (χ0) is 15.0. The van der Waals surface area contributed by atoms with Crippen molar-refractivity contribution in [1.29, 1.82) is 0 Å². The van der Waals surface area contributed by atoms with E-state index >= 15 is 0 Å². The highest BCUT2D eigenvalue weighted by atomic mass is 16.5. The molecule has 1 rings (SSSR count). The van der Waals surface area contributed by atoms with Gasteiger partial charge in [-0.15, -0.1) is 0 Å². The molecule has 0 aromatic heterocycles. The number of carbonyl (C=O) groups excluding carboxylic acids is 2. The number of carbonyl (C=O) groups is 2. The smallest absolute Gasteiger partial charge is 0.333 e. The highest BCUT2D eigenvalue weighted by molar-refractivity contribution is 5.83. The minimum absolute atomic E-state index is 0.157. The van der Waals surface area contributed by atoms with Gasteiger partial charge in [-0.25, -0.2) is 4.79 Å². The number of rotatable bonds is 6. The molecule has 0 spiro atoms. The lowest BCUT2D eigenvalue weighted by Crippen LogP contribution is -2.35. The Hall–Kier alpha value is -1.39. The minimum atomic E-state index is -1.000. The van der Waals surface area contributed by atoms with Crippen LogP contribution in [0.4, 0.5) is 0 Å². The molecule has 5 heteroatoms. The van der Waals surface area contributed by atoms with Crippen LogP contribution in [0.3, 0.4) is 0 Å². The van der Waals surface area contributed by atoms with Gasteiger partial charge < -0.3 is 9.47 Å². The van der Waals surface area contributed by atoms with Gasteiger partial charge in [0.15, 0.2) is 5.54 Å². The largest absolute Gasteiger partial charge is 0.469 e. The summed E-state index contributed by atoms with van der Waals surface area (Å²) in [4.78, 5) is 27.6. The summed E-state index contributed by atoms with van der Waals surface area (Å²) in [7, 11) is 2.68. The fourth-order valence-corrected chi connectivity index (χ4v) is 2.44. The molecule has 0 bridgehead atoms. The lowest BCUT2D eigenvalue weighted by atomic mass is 9.89. The van der Waals surface area contributed by atoms with Crippen molar-refractivity contribution in [2.45, 2.75) is 57.4 Å². The van der Waals surface area contributed by atoms with Crippen molar-refractivity contribution in [1.82, 2.24) is 0 Å². The Kier molecular flexibility index (Phi) is 6.68. The minimum Gasteiger partial charge on any atom is -0.469 e. The van der Waals surface area contributed by atoms with Crippen molar-refractivity contribution in [3.63, 3.8) is 0 Å². The lowest BCUT2D eigenvalue weighted by molar-refractivity contribution is -0.147. The van der Waals surface area contributed by atoms with E-state index in [4.69, 9.17) is 4.74 Å². The van der Waals surface area contributed by atoms with E-state index in [1.165, 1.54) is 33.5 Å². The third kappa shape index (κ3) is 4.94. The first-order valence-corrected chi connectivity index (χ1v) is 7.22. The van der Waals surface area contributed by atoms with Crippen LogP contribution < -0.4 is 0 Å². The van der Waals surface area contributed by atoms with Gasteiger partial charge in [-0.3, -0.25) is 9.79 Å². The molecule has 0 N–H and O–H groups in total. The Morgan fingerprint density at radius 2 is 1.85 bits per heavy atom. The predicted octanol–water partition coefficient (Wildman–Crippen LogP) is 2.52. The van der Waals surface area contributed by atoms with Crippen LogP contribution in [0.2, 0.25) is 0 Å². The molecule has 1 unspecified atom stereocenters. The van der Waals surface area contributed by atoms with Crippen molar-refractivity contribution in [2.75, 3.05) is 14.2 Å². The first-order valence-electron chi connectivity index (χ1n) is 7.22. The maximum absolute atomic E-state index is 11.9. The molecule has 114 valence electrons. The molecule has 0 radical (unpaired) electrons. The Labute approximate surface area is 120 Å². The zero-order valence-electron chi connectivity index (χ0n) is 12.7. The number of methoxy groups -OCH3 is 2. The summed E-state index contributed by atoms with van der Waals surface area (Å²) >= 11 is 0. The van der Waals surface area contributed by atoms with Gasteiger partial charge in [0, 0.05) is 12.6 Å². The summed E-state index contributed by atoms with van der Waals surface area (Å²) in [5, 5.41) is 0. The second-order valence-electron chi connectivity index (χ2n) is 5.52. The van der Waals surface area contributed by atoms with Crippen molar-refractivity contribution < 1.29 is 19.1 Å². The average Bonchev–Trinajstić information content (AvgIpc) is 2.50. The monoisotopic (exact) mass is 283 g/mol. The van der Waals surface area contributed by atoms with E-state index in [0.717, 1.165) is 12.8 Å². The van der Waals surface area contributed by atoms with Gasteiger partial charge in [-0.1, -0.05) is 19.3 Å². The first-order chi connectivity index (χ1) is 9.51. The molecule has 0 aliphatic heterocycles. The van der Waals surface area contributed by atoms with E-state index in [0.29, 0.717) is 12.3 Å². The molecule has 0 heterocycles. The van der Waals surface area contributed by atoms with E-state index in [9.17, 15) is 9.59 Å². The summed E-state index contributed by atoms with van der Waals surface area (Å²) in [6, 6.07) is 0. The van der Waals surface area contributed by atoms with Crippen molar-refractivity contribution in [3.8, 4) is 0 Å². The van der Waals surface area contributed by atoms with Crippen LogP contribution in [0.25, 0.3) is 0 Å². The molecule has 20 heavy (non-hydrogen) atoms. The second-order valence-corrected chi connectivity index (χ2v) is 5.52. The molecule has 0 aromatic rings. The number of ether oxygens (including phenoxy) is 2. The van der Waals surface area contributed by atoms with Gasteiger partial charge >= 0.3 is 11.9 Å². The van der Waals surface area contributed by atoms with E-state index in [1.54, 1.807) is 6.92 Å². The molecule has 5 nitrogen and oxygen atoms in total. The number of hydrogen-bond donors (Lipinski definition) is 0. The SMILES string of the molecule is COC(=O)CCC(C)(N=CC1CCCCC1)C(=O)OC. The molecular weight excluding hydrogens is 258 g/mol. The van der Waals surface area contributed by atoms with Crippen molar-refractivity contribution in [2.24, 2.45) is 10.9 Å². The van der Waals surface area contributed by atoms with E-state index < -0.39 is 11.5 Å². The van der Waals surface area contributed by atoms with E-state index in [2.05, 4.69) is 9.73 Å². The molecule has 1 atom stereocenters. The van der Waals surface area contributed by atoms with Crippen LogP contribution in [-0.2, 0) is 19.1 Å². The predicted molar refractivity (Wildman–Crippen MR) is 76.7 cm³/mol. The van der Waals surface area contributed by atoms with Crippen LogP contribution >= 0.6 is 0 Å². The van der Waals surface area contributed by atoms with Gasteiger partial charge in [0.05, 0.1) is 14.2 Å². The zero-order valence-corrected chi connectivity index (χ0v) is 12.7. The topological polar surface area (TPSA) is 65.0 Å². The van der Waals surface area contributed by atoms with Gasteiger partial charge in [-0.05, 0) is 32.1 Å². The fourth-order valence-electron chi connectivity index (χ4n) is 2.44. The Morgan fingerprint density at radius 1 is 1.20 bits per heavy atom. The summed E-state index contributed by atoms with van der Waals surface area (Å²) in [5.41, 5.74) is -1.000. The van der Waals surface area contributed by atoms with Crippen LogP contribution in [0, 0.1) is 5.92 Å². The summed E-state index contributed by atoms with van der Waals surface area (Å²) in [6.45, 7) is 1.71. The van der Waals surface area contributed by atoms with E-state index in [1.807, 2.05) is 6.21 Å². The van der Waals surface area contributed by atoms with Crippen LogP contribution in [-0.4, -0.2) is 37.9 Å². The quantitative estimate of drug-likeness (QED) is 0.555. The van der Waals surface area contributed by atoms with Crippen LogP contribution in [0.5, 0.6) is 0 Å². The van der Waals surface area contributed by atoms with E-state index in [-0.39, 0.29) is 12.4 Å².